The normalized spacial score (nSPS) is 11.8. The Balaban J connectivity index is 2.45. The van der Waals surface area contributed by atoms with Gasteiger partial charge in [0.1, 0.15) is 0 Å². The van der Waals surface area contributed by atoms with Gasteiger partial charge in [0.25, 0.3) is 0 Å². The van der Waals surface area contributed by atoms with Gasteiger partial charge in [-0.2, -0.15) is 5.26 Å². The van der Waals surface area contributed by atoms with Gasteiger partial charge in [-0.15, -0.1) is 0 Å². The number of nitriles is 1. The molecule has 0 saturated heterocycles. The van der Waals surface area contributed by atoms with E-state index in [0.717, 1.165) is 11.1 Å². The van der Waals surface area contributed by atoms with Crippen molar-refractivity contribution in [2.24, 2.45) is 0 Å². The lowest BCUT2D eigenvalue weighted by atomic mass is 10.0. The number of alkyl halides is 1. The summed E-state index contributed by atoms with van der Waals surface area (Å²) in [7, 11) is 0. The first kappa shape index (κ1) is 12.2. The van der Waals surface area contributed by atoms with Crippen molar-refractivity contribution in [3.63, 3.8) is 0 Å². The van der Waals surface area contributed by atoms with Crippen LogP contribution in [-0.4, -0.2) is 0 Å². The molecule has 0 aliphatic rings. The topological polar surface area (TPSA) is 23.8 Å². The van der Waals surface area contributed by atoms with Crippen LogP contribution in [0.15, 0.2) is 48.5 Å². The first-order chi connectivity index (χ1) is 8.22. The molecule has 0 aromatic heterocycles. The van der Waals surface area contributed by atoms with Gasteiger partial charge >= 0.3 is 0 Å². The summed E-state index contributed by atoms with van der Waals surface area (Å²) < 4.78 is 0. The Morgan fingerprint density at radius 2 is 1.82 bits per heavy atom. The van der Waals surface area contributed by atoms with E-state index < -0.39 is 0 Å². The van der Waals surface area contributed by atoms with E-state index in [9.17, 15) is 0 Å². The van der Waals surface area contributed by atoms with Crippen molar-refractivity contribution in [1.29, 1.82) is 5.26 Å². The summed E-state index contributed by atoms with van der Waals surface area (Å²) in [5, 5.41) is 9.69. The van der Waals surface area contributed by atoms with Gasteiger partial charge in [-0.25, -0.2) is 0 Å². The van der Waals surface area contributed by atoms with Crippen LogP contribution in [0.5, 0.6) is 0 Å². The summed E-state index contributed by atoms with van der Waals surface area (Å²) in [5.41, 5.74) is 2.65. The van der Waals surface area contributed by atoms with Gasteiger partial charge in [-0.3, -0.25) is 0 Å². The minimum atomic E-state index is 0.00983. The number of hydrogen-bond donors (Lipinski definition) is 0. The predicted octanol–water partition coefficient (Wildman–Crippen LogP) is 4.70. The Morgan fingerprint density at radius 1 is 1.12 bits per heavy atom. The molecular formula is C14H9BrClN. The highest BCUT2D eigenvalue weighted by atomic mass is 79.9. The van der Waals surface area contributed by atoms with Crippen molar-refractivity contribution in [3.8, 4) is 6.07 Å². The molecule has 0 aliphatic heterocycles. The molecule has 1 nitrogen and oxygen atoms in total. The van der Waals surface area contributed by atoms with Crippen molar-refractivity contribution in [2.45, 2.75) is 4.83 Å². The third kappa shape index (κ3) is 2.69. The van der Waals surface area contributed by atoms with Crippen LogP contribution in [-0.2, 0) is 0 Å². The highest BCUT2D eigenvalue weighted by Crippen LogP contribution is 2.33. The number of nitrogens with zero attached hydrogens (tertiary/aromatic N) is 1. The van der Waals surface area contributed by atoms with Crippen LogP contribution in [0.2, 0.25) is 5.02 Å². The molecule has 2 rings (SSSR count). The molecule has 0 radical (unpaired) electrons. The third-order valence-electron chi connectivity index (χ3n) is 2.50. The zero-order valence-corrected chi connectivity index (χ0v) is 11.2. The van der Waals surface area contributed by atoms with E-state index in [2.05, 4.69) is 22.0 Å². The summed E-state index contributed by atoms with van der Waals surface area (Å²) in [5.74, 6) is 0. The fraction of sp³-hybridized carbons (Fsp3) is 0.0714. The van der Waals surface area contributed by atoms with E-state index in [0.29, 0.717) is 10.6 Å². The van der Waals surface area contributed by atoms with Crippen molar-refractivity contribution < 1.29 is 0 Å². The van der Waals surface area contributed by atoms with E-state index in [1.54, 1.807) is 12.1 Å². The average molecular weight is 307 g/mol. The second-order valence-electron chi connectivity index (χ2n) is 3.62. The lowest BCUT2D eigenvalue weighted by molar-refractivity contribution is 1.16. The monoisotopic (exact) mass is 305 g/mol. The average Bonchev–Trinajstić information content (AvgIpc) is 2.39. The molecule has 3 heteroatoms. The maximum absolute atomic E-state index is 9.11. The maximum atomic E-state index is 9.11. The Labute approximate surface area is 114 Å². The lowest BCUT2D eigenvalue weighted by Crippen LogP contribution is -1.96. The molecule has 1 unspecified atom stereocenters. The van der Waals surface area contributed by atoms with Gasteiger partial charge in [0.05, 0.1) is 16.5 Å². The lowest BCUT2D eigenvalue weighted by Gasteiger charge is -2.12. The maximum Gasteiger partial charge on any atom is 0.0995 e. The molecule has 0 aliphatic carbocycles. The quantitative estimate of drug-likeness (QED) is 0.738. The number of halogens is 2. The zero-order valence-electron chi connectivity index (χ0n) is 8.90. The van der Waals surface area contributed by atoms with E-state index in [-0.39, 0.29) is 4.83 Å². The van der Waals surface area contributed by atoms with Crippen molar-refractivity contribution in [1.82, 2.24) is 0 Å². The molecule has 0 heterocycles. The van der Waals surface area contributed by atoms with Crippen molar-refractivity contribution >= 4 is 27.5 Å². The highest BCUT2D eigenvalue weighted by Gasteiger charge is 2.14. The van der Waals surface area contributed by atoms with Gasteiger partial charge in [-0.1, -0.05) is 63.9 Å². The number of benzene rings is 2. The third-order valence-corrected chi connectivity index (χ3v) is 3.76. The van der Waals surface area contributed by atoms with E-state index in [1.807, 2.05) is 36.4 Å². The van der Waals surface area contributed by atoms with Gasteiger partial charge in [-0.05, 0) is 23.3 Å². The van der Waals surface area contributed by atoms with Crippen LogP contribution in [0.3, 0.4) is 0 Å². The van der Waals surface area contributed by atoms with Gasteiger partial charge < -0.3 is 0 Å². The van der Waals surface area contributed by atoms with Gasteiger partial charge in [0.2, 0.25) is 0 Å². The molecule has 17 heavy (non-hydrogen) atoms. The van der Waals surface area contributed by atoms with E-state index in [1.165, 1.54) is 0 Å². The Bertz CT molecular complexity index is 560. The molecule has 1 atom stereocenters. The minimum absolute atomic E-state index is 0.00983. The fourth-order valence-electron chi connectivity index (χ4n) is 1.65. The first-order valence-corrected chi connectivity index (χ1v) is 6.40. The standard InChI is InChI=1S/C14H9BrClN/c15-14(10-4-2-1-3-5-10)13-7-6-12(16)8-11(13)9-17/h1-8,14H. The second-order valence-corrected chi connectivity index (χ2v) is 4.97. The molecule has 0 saturated carbocycles. The molecule has 84 valence electrons. The molecule has 0 amide bonds. The zero-order chi connectivity index (χ0) is 12.3. The summed E-state index contributed by atoms with van der Waals surface area (Å²) >= 11 is 9.50. The van der Waals surface area contributed by atoms with Crippen LogP contribution in [0.4, 0.5) is 0 Å². The summed E-state index contributed by atoms with van der Waals surface area (Å²) in [6, 6.07) is 17.5. The Kier molecular flexibility index (Phi) is 3.83. The van der Waals surface area contributed by atoms with Crippen LogP contribution in [0, 0.1) is 11.3 Å². The molecule has 0 fully saturated rings. The summed E-state index contributed by atoms with van der Waals surface area (Å²) in [6.07, 6.45) is 0. The van der Waals surface area contributed by atoms with Crippen LogP contribution >= 0.6 is 27.5 Å². The van der Waals surface area contributed by atoms with Gasteiger partial charge in [0, 0.05) is 5.02 Å². The Morgan fingerprint density at radius 3 is 2.47 bits per heavy atom. The number of rotatable bonds is 2. The second kappa shape index (κ2) is 5.35. The van der Waals surface area contributed by atoms with Crippen LogP contribution in [0.1, 0.15) is 21.5 Å². The summed E-state index contributed by atoms with van der Waals surface area (Å²) in [4.78, 5) is 0.00983. The minimum Gasteiger partial charge on any atom is -0.192 e. The first-order valence-electron chi connectivity index (χ1n) is 5.11. The molecule has 0 spiro atoms. The molecule has 2 aromatic carbocycles. The largest absolute Gasteiger partial charge is 0.192 e. The van der Waals surface area contributed by atoms with Gasteiger partial charge in [0.15, 0.2) is 0 Å². The Hall–Kier alpha value is -1.30. The summed E-state index contributed by atoms with van der Waals surface area (Å²) in [6.45, 7) is 0. The fourth-order valence-corrected chi connectivity index (χ4v) is 2.52. The van der Waals surface area contributed by atoms with Crippen molar-refractivity contribution in [3.05, 3.63) is 70.2 Å². The van der Waals surface area contributed by atoms with Crippen molar-refractivity contribution in [2.75, 3.05) is 0 Å². The SMILES string of the molecule is N#Cc1cc(Cl)ccc1C(Br)c1ccccc1. The van der Waals surface area contributed by atoms with E-state index in [4.69, 9.17) is 16.9 Å². The van der Waals surface area contributed by atoms with E-state index >= 15 is 0 Å². The molecule has 2 aromatic rings. The molecule has 0 bridgehead atoms. The highest BCUT2D eigenvalue weighted by molar-refractivity contribution is 9.09. The molecule has 0 N–H and O–H groups in total. The smallest absolute Gasteiger partial charge is 0.0995 e. The predicted molar refractivity (Wildman–Crippen MR) is 73.4 cm³/mol. The molecular weight excluding hydrogens is 298 g/mol. The van der Waals surface area contributed by atoms with Crippen LogP contribution < -0.4 is 0 Å². The number of hydrogen-bond acceptors (Lipinski definition) is 1. The van der Waals surface area contributed by atoms with Crippen LogP contribution in [0.25, 0.3) is 0 Å².